The lowest BCUT2D eigenvalue weighted by molar-refractivity contribution is -0.147. The van der Waals surface area contributed by atoms with Crippen molar-refractivity contribution >= 4 is 34.2 Å². The van der Waals surface area contributed by atoms with Gasteiger partial charge in [0, 0.05) is 5.41 Å². The fraction of sp³-hybridized carbons (Fsp3) is 0.731. The second-order valence-corrected chi connectivity index (χ2v) is 12.9. The molecule has 1 saturated heterocycles. The number of allylic oxidation sites excluding steroid dienone is 2. The number of hydrogen-bond donors (Lipinski definition) is 1. The largest absolute Gasteiger partial charge is 0.299 e. The zero-order chi connectivity index (χ0) is 23.6. The first-order valence-corrected chi connectivity index (χ1v) is 13.8. The Morgan fingerprint density at radius 2 is 1.59 bits per heavy atom. The van der Waals surface area contributed by atoms with Crippen LogP contribution in [0.25, 0.3) is 0 Å². The van der Waals surface area contributed by atoms with Gasteiger partial charge in [0.15, 0.2) is 0 Å². The molecule has 5 fully saturated rings. The molecule has 1 N–H and O–H groups in total. The molecule has 0 aromatic carbocycles. The molecule has 3 unspecified atom stereocenters. The Morgan fingerprint density at radius 1 is 1.03 bits per heavy atom. The summed E-state index contributed by atoms with van der Waals surface area (Å²) in [7, 11) is 0. The summed E-state index contributed by atoms with van der Waals surface area (Å²) in [5.74, 6) is 1.22. The summed E-state index contributed by atoms with van der Waals surface area (Å²) in [5, 5.41) is 13.4. The second kappa shape index (κ2) is 8.25. The Hall–Kier alpha value is -2.09. The maximum atomic E-state index is 13.5. The van der Waals surface area contributed by atoms with Crippen molar-refractivity contribution in [2.75, 3.05) is 5.32 Å². The van der Waals surface area contributed by atoms with E-state index in [9.17, 15) is 14.4 Å². The first-order valence-electron chi connectivity index (χ1n) is 13.0. The summed E-state index contributed by atoms with van der Waals surface area (Å²) in [4.78, 5) is 41.0. The minimum atomic E-state index is -0.808. The summed E-state index contributed by atoms with van der Waals surface area (Å²) in [5.41, 5.74) is 0.135. The highest BCUT2D eigenvalue weighted by atomic mass is 32.1. The average Bonchev–Trinajstić information content (AvgIpc) is 3.35. The van der Waals surface area contributed by atoms with E-state index in [1.807, 2.05) is 26.0 Å². The number of hydrogen-bond acceptors (Lipinski definition) is 6. The van der Waals surface area contributed by atoms with Crippen LogP contribution in [0.5, 0.6) is 0 Å². The molecule has 4 saturated carbocycles. The topological polar surface area (TPSA) is 92.3 Å². The van der Waals surface area contributed by atoms with Crippen molar-refractivity contribution in [3.63, 3.8) is 0 Å². The number of carbonyl (C=O) groups is 3. The van der Waals surface area contributed by atoms with Crippen molar-refractivity contribution in [1.29, 1.82) is 0 Å². The number of carbonyl (C=O) groups excluding carboxylic acids is 3. The van der Waals surface area contributed by atoms with E-state index in [0.717, 1.165) is 22.8 Å². The van der Waals surface area contributed by atoms with Crippen LogP contribution in [0.1, 0.15) is 76.6 Å². The van der Waals surface area contributed by atoms with Gasteiger partial charge in [-0.25, -0.2) is 0 Å². The Balaban J connectivity index is 1.21. The summed E-state index contributed by atoms with van der Waals surface area (Å²) in [6.07, 6.45) is 13.2. The predicted octanol–water partition coefficient (Wildman–Crippen LogP) is 4.31. The second-order valence-electron chi connectivity index (χ2n) is 11.9. The van der Waals surface area contributed by atoms with Gasteiger partial charge in [-0.2, -0.15) is 0 Å². The molecule has 0 radical (unpaired) electrons. The van der Waals surface area contributed by atoms with Crippen molar-refractivity contribution in [3.05, 3.63) is 17.2 Å². The summed E-state index contributed by atoms with van der Waals surface area (Å²) in [6.45, 7) is 4.02. The SMILES string of the molecule is CC(C)CC(C(=O)Nc1nnc(C23CC4CC(CC(C4)C2)C3)s1)N1C(=O)C2CC=CCC2C1=O. The van der Waals surface area contributed by atoms with Crippen molar-refractivity contribution in [2.45, 2.75) is 83.1 Å². The van der Waals surface area contributed by atoms with Gasteiger partial charge in [-0.15, -0.1) is 10.2 Å². The fourth-order valence-corrected chi connectivity index (χ4v) is 8.92. The van der Waals surface area contributed by atoms with E-state index in [-0.39, 0.29) is 40.9 Å². The van der Waals surface area contributed by atoms with Crippen molar-refractivity contribution < 1.29 is 14.4 Å². The van der Waals surface area contributed by atoms with Crippen LogP contribution in [-0.4, -0.2) is 38.9 Å². The van der Waals surface area contributed by atoms with Crippen LogP contribution < -0.4 is 5.32 Å². The van der Waals surface area contributed by atoms with E-state index in [2.05, 4.69) is 15.5 Å². The van der Waals surface area contributed by atoms with Crippen molar-refractivity contribution in [2.24, 2.45) is 35.5 Å². The van der Waals surface area contributed by atoms with E-state index in [4.69, 9.17) is 0 Å². The van der Waals surface area contributed by atoms with E-state index >= 15 is 0 Å². The van der Waals surface area contributed by atoms with Gasteiger partial charge in [-0.05, 0) is 81.5 Å². The van der Waals surface area contributed by atoms with Crippen LogP contribution in [-0.2, 0) is 19.8 Å². The summed E-state index contributed by atoms with van der Waals surface area (Å²) < 4.78 is 0. The number of imide groups is 1. The number of fused-ring (bicyclic) bond motifs is 1. The lowest BCUT2D eigenvalue weighted by atomic mass is 9.50. The standard InChI is InChI=1S/C26H34N4O3S/c1-14(2)7-20(30-22(32)18-5-3-4-6-19(18)23(30)33)21(31)27-25-29-28-24(34-25)26-11-15-8-16(12-26)10-17(9-15)13-26/h3-4,14-20H,5-13H2,1-2H3,(H,27,29,31). The number of aromatic nitrogens is 2. The van der Waals surface area contributed by atoms with Gasteiger partial charge in [-0.3, -0.25) is 24.6 Å². The molecule has 1 aliphatic heterocycles. The first-order chi connectivity index (χ1) is 16.3. The van der Waals surface area contributed by atoms with Gasteiger partial charge in [-0.1, -0.05) is 37.3 Å². The number of nitrogens with zero attached hydrogens (tertiary/aromatic N) is 3. The number of amides is 3. The van der Waals surface area contributed by atoms with Crippen LogP contribution in [0, 0.1) is 35.5 Å². The highest BCUT2D eigenvalue weighted by molar-refractivity contribution is 7.15. The number of rotatable bonds is 6. The molecule has 5 aliphatic carbocycles. The molecule has 6 aliphatic rings. The van der Waals surface area contributed by atoms with E-state index in [1.54, 1.807) is 0 Å². The lowest BCUT2D eigenvalue weighted by Crippen LogP contribution is -2.48. The maximum Gasteiger partial charge on any atom is 0.249 e. The van der Waals surface area contributed by atoms with Gasteiger partial charge >= 0.3 is 0 Å². The minimum absolute atomic E-state index is 0.135. The molecule has 1 aromatic heterocycles. The van der Waals surface area contributed by atoms with Gasteiger partial charge in [0.25, 0.3) is 0 Å². The molecular weight excluding hydrogens is 448 g/mol. The van der Waals surface area contributed by atoms with E-state index in [1.165, 1.54) is 54.8 Å². The van der Waals surface area contributed by atoms with E-state index < -0.39 is 6.04 Å². The van der Waals surface area contributed by atoms with Crippen LogP contribution in [0.4, 0.5) is 5.13 Å². The number of likely N-dealkylation sites (tertiary alicyclic amines) is 1. The molecule has 3 atom stereocenters. The van der Waals surface area contributed by atoms with Crippen LogP contribution >= 0.6 is 11.3 Å². The van der Waals surface area contributed by atoms with E-state index in [0.29, 0.717) is 24.4 Å². The molecule has 34 heavy (non-hydrogen) atoms. The third kappa shape index (κ3) is 3.64. The molecule has 7 rings (SSSR count). The Bertz CT molecular complexity index is 985. The van der Waals surface area contributed by atoms with Gasteiger partial charge in [0.1, 0.15) is 11.0 Å². The van der Waals surface area contributed by atoms with Crippen LogP contribution in [0.15, 0.2) is 12.2 Å². The molecule has 8 heteroatoms. The number of anilines is 1. The lowest BCUT2D eigenvalue weighted by Gasteiger charge is -2.55. The molecule has 3 amide bonds. The molecule has 1 aromatic rings. The fourth-order valence-electron chi connectivity index (χ4n) is 7.96. The quantitative estimate of drug-likeness (QED) is 0.482. The Labute approximate surface area is 204 Å². The maximum absolute atomic E-state index is 13.5. The monoisotopic (exact) mass is 482 g/mol. The molecule has 182 valence electrons. The Morgan fingerprint density at radius 3 is 2.12 bits per heavy atom. The molecular formula is C26H34N4O3S. The summed E-state index contributed by atoms with van der Waals surface area (Å²) >= 11 is 1.50. The third-order valence-electron chi connectivity index (χ3n) is 9.00. The van der Waals surface area contributed by atoms with Crippen LogP contribution in [0.3, 0.4) is 0 Å². The number of nitrogens with one attached hydrogen (secondary N) is 1. The highest BCUT2D eigenvalue weighted by Crippen LogP contribution is 2.61. The van der Waals surface area contributed by atoms with Gasteiger partial charge < -0.3 is 0 Å². The smallest absolute Gasteiger partial charge is 0.249 e. The van der Waals surface area contributed by atoms with Crippen molar-refractivity contribution in [1.82, 2.24) is 15.1 Å². The molecule has 4 bridgehead atoms. The highest BCUT2D eigenvalue weighted by Gasteiger charge is 2.54. The van der Waals surface area contributed by atoms with Gasteiger partial charge in [0.05, 0.1) is 11.8 Å². The third-order valence-corrected chi connectivity index (χ3v) is 10.1. The molecule has 0 spiro atoms. The predicted molar refractivity (Wildman–Crippen MR) is 129 cm³/mol. The Kier molecular flexibility index (Phi) is 5.43. The zero-order valence-electron chi connectivity index (χ0n) is 20.0. The van der Waals surface area contributed by atoms with Gasteiger partial charge in [0.2, 0.25) is 22.9 Å². The van der Waals surface area contributed by atoms with Crippen molar-refractivity contribution in [3.8, 4) is 0 Å². The summed E-state index contributed by atoms with van der Waals surface area (Å²) in [6, 6.07) is -0.808. The molecule has 7 nitrogen and oxygen atoms in total. The normalized spacial score (nSPS) is 36.9. The zero-order valence-corrected chi connectivity index (χ0v) is 20.9. The first kappa shape index (κ1) is 22.4. The van der Waals surface area contributed by atoms with Crippen LogP contribution in [0.2, 0.25) is 0 Å². The average molecular weight is 483 g/mol. The molecule has 2 heterocycles. The minimum Gasteiger partial charge on any atom is -0.299 e.